The molecule has 112 valence electrons. The molecule has 0 aliphatic carbocycles. The van der Waals surface area contributed by atoms with Gasteiger partial charge in [0.1, 0.15) is 5.69 Å². The fraction of sp³-hybridized carbons (Fsp3) is 0.600. The molecule has 0 bridgehead atoms. The first-order valence-corrected chi connectivity index (χ1v) is 6.93. The highest BCUT2D eigenvalue weighted by Crippen LogP contribution is 2.22. The molecule has 20 heavy (non-hydrogen) atoms. The summed E-state index contributed by atoms with van der Waals surface area (Å²) in [5.41, 5.74) is 0.266. The van der Waals surface area contributed by atoms with E-state index in [9.17, 15) is 9.59 Å². The van der Waals surface area contributed by atoms with E-state index in [0.717, 1.165) is 13.0 Å². The van der Waals surface area contributed by atoms with Crippen LogP contribution in [0.3, 0.4) is 0 Å². The quantitative estimate of drug-likeness (QED) is 0.841. The lowest BCUT2D eigenvalue weighted by Crippen LogP contribution is -2.45. The number of carbonyl (C=O) groups is 2. The third-order valence-corrected chi connectivity index (χ3v) is 3.26. The van der Waals surface area contributed by atoms with Crippen LogP contribution in [0.25, 0.3) is 0 Å². The maximum absolute atomic E-state index is 12.3. The smallest absolute Gasteiger partial charge is 0.305 e. The first-order chi connectivity index (χ1) is 9.25. The Morgan fingerprint density at radius 3 is 2.55 bits per heavy atom. The van der Waals surface area contributed by atoms with Gasteiger partial charge in [-0.3, -0.25) is 9.59 Å². The normalized spacial score (nSPS) is 13.0. The monoisotopic (exact) mass is 280 g/mol. The summed E-state index contributed by atoms with van der Waals surface area (Å²) in [5, 5.41) is 11.8. The highest BCUT2D eigenvalue weighted by atomic mass is 16.4. The molecule has 1 atom stereocenters. The van der Waals surface area contributed by atoms with Gasteiger partial charge >= 0.3 is 5.97 Å². The van der Waals surface area contributed by atoms with Gasteiger partial charge in [0.2, 0.25) is 0 Å². The van der Waals surface area contributed by atoms with E-state index in [4.69, 9.17) is 5.11 Å². The number of carboxylic acid groups (broad SMARTS) is 1. The van der Waals surface area contributed by atoms with Crippen molar-refractivity contribution in [2.45, 2.75) is 53.1 Å². The van der Waals surface area contributed by atoms with Crippen molar-refractivity contribution in [3.05, 3.63) is 24.0 Å². The summed E-state index contributed by atoms with van der Waals surface area (Å²) in [6.45, 7) is 8.59. The Hall–Kier alpha value is -1.78. The number of rotatable bonds is 6. The Morgan fingerprint density at radius 2 is 2.05 bits per heavy atom. The van der Waals surface area contributed by atoms with Crippen LogP contribution in [0, 0.1) is 5.41 Å². The fourth-order valence-electron chi connectivity index (χ4n) is 2.04. The van der Waals surface area contributed by atoms with Crippen LogP contribution in [0.2, 0.25) is 0 Å². The lowest BCUT2D eigenvalue weighted by atomic mass is 9.84. The molecule has 2 N–H and O–H groups in total. The second kappa shape index (κ2) is 6.59. The maximum atomic E-state index is 12.3. The van der Waals surface area contributed by atoms with E-state index in [-0.39, 0.29) is 17.7 Å². The number of aromatic nitrogens is 1. The summed E-state index contributed by atoms with van der Waals surface area (Å²) >= 11 is 0. The molecule has 1 aromatic rings. The van der Waals surface area contributed by atoms with Crippen LogP contribution in [0.15, 0.2) is 18.3 Å². The molecule has 0 fully saturated rings. The number of aliphatic carboxylic acids is 1. The molecular formula is C15H24N2O3. The Morgan fingerprint density at radius 1 is 1.40 bits per heavy atom. The zero-order chi connectivity index (χ0) is 15.3. The minimum atomic E-state index is -0.908. The van der Waals surface area contributed by atoms with Crippen molar-refractivity contribution in [2.75, 3.05) is 0 Å². The molecule has 1 unspecified atom stereocenters. The number of amides is 1. The summed E-state index contributed by atoms with van der Waals surface area (Å²) in [6, 6.07) is 3.18. The van der Waals surface area contributed by atoms with Gasteiger partial charge in [-0.15, -0.1) is 0 Å². The van der Waals surface area contributed by atoms with Crippen LogP contribution >= 0.6 is 0 Å². The average Bonchev–Trinajstić information content (AvgIpc) is 2.75. The number of carbonyl (C=O) groups excluding carboxylic acids is 1. The molecule has 5 nitrogen and oxygen atoms in total. The number of hydrogen-bond acceptors (Lipinski definition) is 2. The third-order valence-electron chi connectivity index (χ3n) is 3.26. The van der Waals surface area contributed by atoms with Crippen LogP contribution in [-0.4, -0.2) is 27.6 Å². The van der Waals surface area contributed by atoms with Gasteiger partial charge < -0.3 is 15.0 Å². The Bertz CT molecular complexity index is 472. The molecule has 0 saturated heterocycles. The van der Waals surface area contributed by atoms with Gasteiger partial charge in [-0.25, -0.2) is 0 Å². The topological polar surface area (TPSA) is 71.3 Å². The van der Waals surface area contributed by atoms with Crippen molar-refractivity contribution in [2.24, 2.45) is 5.41 Å². The lowest BCUT2D eigenvalue weighted by molar-refractivity contribution is -0.138. The van der Waals surface area contributed by atoms with Crippen LogP contribution < -0.4 is 5.32 Å². The molecule has 1 heterocycles. The van der Waals surface area contributed by atoms with E-state index in [2.05, 4.69) is 5.32 Å². The molecule has 5 heteroatoms. The van der Waals surface area contributed by atoms with Gasteiger partial charge in [-0.1, -0.05) is 27.7 Å². The fourth-order valence-corrected chi connectivity index (χ4v) is 2.04. The number of aryl methyl sites for hydroxylation is 1. The lowest BCUT2D eigenvalue weighted by Gasteiger charge is -2.30. The van der Waals surface area contributed by atoms with Crippen molar-refractivity contribution in [3.8, 4) is 0 Å². The zero-order valence-corrected chi connectivity index (χ0v) is 12.6. The van der Waals surface area contributed by atoms with Crippen LogP contribution in [0.1, 0.15) is 51.0 Å². The van der Waals surface area contributed by atoms with E-state index in [1.165, 1.54) is 0 Å². The van der Waals surface area contributed by atoms with Gasteiger partial charge in [-0.2, -0.15) is 0 Å². The maximum Gasteiger partial charge on any atom is 0.305 e. The Balaban J connectivity index is 2.85. The van der Waals surface area contributed by atoms with Crippen molar-refractivity contribution >= 4 is 11.9 Å². The molecule has 1 aromatic heterocycles. The first kappa shape index (κ1) is 16.3. The van der Waals surface area contributed by atoms with Crippen LogP contribution in [0.4, 0.5) is 0 Å². The van der Waals surface area contributed by atoms with Crippen molar-refractivity contribution in [1.29, 1.82) is 0 Å². The largest absolute Gasteiger partial charge is 0.481 e. The Labute approximate surface area is 120 Å². The van der Waals surface area contributed by atoms with Crippen molar-refractivity contribution < 1.29 is 14.7 Å². The van der Waals surface area contributed by atoms with E-state index in [1.54, 1.807) is 6.07 Å². The third kappa shape index (κ3) is 4.40. The summed E-state index contributed by atoms with van der Waals surface area (Å²) in [5.74, 6) is -1.13. The minimum Gasteiger partial charge on any atom is -0.481 e. The molecule has 1 amide bonds. The number of nitrogens with zero attached hydrogens (tertiary/aromatic N) is 1. The van der Waals surface area contributed by atoms with Crippen molar-refractivity contribution in [3.63, 3.8) is 0 Å². The highest BCUT2D eigenvalue weighted by Gasteiger charge is 2.29. The summed E-state index contributed by atoms with van der Waals surface area (Å²) in [7, 11) is 0. The predicted molar refractivity (Wildman–Crippen MR) is 77.7 cm³/mol. The molecule has 0 aromatic carbocycles. The summed E-state index contributed by atoms with van der Waals surface area (Å²) < 4.78 is 1.88. The van der Waals surface area contributed by atoms with Gasteiger partial charge in [-0.05, 0) is 24.0 Å². The van der Waals surface area contributed by atoms with E-state index < -0.39 is 12.0 Å². The van der Waals surface area contributed by atoms with E-state index >= 15 is 0 Å². The molecular weight excluding hydrogens is 256 g/mol. The molecule has 0 saturated carbocycles. The molecule has 0 radical (unpaired) electrons. The van der Waals surface area contributed by atoms with E-state index in [1.807, 2.05) is 44.5 Å². The zero-order valence-electron chi connectivity index (χ0n) is 12.6. The van der Waals surface area contributed by atoms with Crippen LogP contribution in [0.5, 0.6) is 0 Å². The second-order valence-electron chi connectivity index (χ2n) is 6.08. The minimum absolute atomic E-state index is 0.0796. The van der Waals surface area contributed by atoms with E-state index in [0.29, 0.717) is 5.69 Å². The summed E-state index contributed by atoms with van der Waals surface area (Å²) in [6.07, 6.45) is 2.72. The van der Waals surface area contributed by atoms with Gasteiger partial charge in [0.15, 0.2) is 0 Å². The summed E-state index contributed by atoms with van der Waals surface area (Å²) in [4.78, 5) is 23.3. The van der Waals surface area contributed by atoms with Crippen LogP contribution in [-0.2, 0) is 11.3 Å². The molecule has 0 aliphatic rings. The number of carboxylic acids is 1. The molecule has 0 spiro atoms. The Kier molecular flexibility index (Phi) is 5.36. The highest BCUT2D eigenvalue weighted by molar-refractivity contribution is 5.93. The SMILES string of the molecule is CCCn1cccc1C(=O)NC(CC(=O)O)C(C)(C)C. The second-order valence-corrected chi connectivity index (χ2v) is 6.08. The average molecular weight is 280 g/mol. The van der Waals surface area contributed by atoms with Crippen molar-refractivity contribution in [1.82, 2.24) is 9.88 Å². The first-order valence-electron chi connectivity index (χ1n) is 6.93. The number of nitrogens with one attached hydrogen (secondary N) is 1. The number of hydrogen-bond donors (Lipinski definition) is 2. The predicted octanol–water partition coefficient (Wildman–Crippen LogP) is 2.52. The van der Waals surface area contributed by atoms with Gasteiger partial charge in [0.25, 0.3) is 5.91 Å². The van der Waals surface area contributed by atoms with Gasteiger partial charge in [0.05, 0.1) is 6.42 Å². The van der Waals surface area contributed by atoms with Gasteiger partial charge in [0, 0.05) is 18.8 Å². The molecule has 1 rings (SSSR count). The standard InChI is InChI=1S/C15H24N2O3/c1-5-8-17-9-6-7-11(17)14(20)16-12(10-13(18)19)15(2,3)4/h6-7,9,12H,5,8,10H2,1-4H3,(H,16,20)(H,18,19). The molecule has 0 aliphatic heterocycles.